The third-order valence-electron chi connectivity index (χ3n) is 4.58. The molecule has 0 fully saturated rings. The maximum atomic E-state index is 12.4. The van der Waals surface area contributed by atoms with E-state index >= 15 is 0 Å². The molecule has 0 amide bonds. The van der Waals surface area contributed by atoms with E-state index in [9.17, 15) is 4.79 Å². The molecule has 144 valence electrons. The summed E-state index contributed by atoms with van der Waals surface area (Å²) in [5, 5.41) is 0. The van der Waals surface area contributed by atoms with Gasteiger partial charge in [-0.2, -0.15) is 0 Å². The maximum Gasteiger partial charge on any atom is 0.328 e. The minimum absolute atomic E-state index is 0.233. The Morgan fingerprint density at radius 3 is 2.00 bits per heavy atom. The molecule has 1 atom stereocenters. The molecule has 0 aliphatic heterocycles. The molecule has 0 radical (unpaired) electrons. The van der Waals surface area contributed by atoms with Gasteiger partial charge in [0, 0.05) is 12.2 Å². The molecule has 0 saturated heterocycles. The smallest absolute Gasteiger partial charge is 0.328 e. The number of methoxy groups -OCH3 is 1. The van der Waals surface area contributed by atoms with Crippen molar-refractivity contribution in [2.24, 2.45) is 0 Å². The molecule has 3 aromatic carbocycles. The Morgan fingerprint density at radius 2 is 1.43 bits per heavy atom. The van der Waals surface area contributed by atoms with Crippen molar-refractivity contribution in [1.82, 2.24) is 0 Å². The highest BCUT2D eigenvalue weighted by Crippen LogP contribution is 2.27. The molecule has 0 spiro atoms. The summed E-state index contributed by atoms with van der Waals surface area (Å²) in [6.45, 7) is 2.61. The molecular formula is C24H25NO3. The summed E-state index contributed by atoms with van der Waals surface area (Å²) < 4.78 is 10.9. The number of para-hydroxylation sites is 1. The number of hydrogen-bond donors (Lipinski definition) is 0. The van der Waals surface area contributed by atoms with Crippen LogP contribution in [0.4, 0.5) is 5.69 Å². The fourth-order valence-electron chi connectivity index (χ4n) is 3.14. The van der Waals surface area contributed by atoms with Gasteiger partial charge in [-0.25, -0.2) is 4.79 Å². The summed E-state index contributed by atoms with van der Waals surface area (Å²) in [5.41, 5.74) is 2.08. The fourth-order valence-corrected chi connectivity index (χ4v) is 3.14. The zero-order valence-corrected chi connectivity index (χ0v) is 16.2. The van der Waals surface area contributed by atoms with Crippen molar-refractivity contribution in [3.63, 3.8) is 0 Å². The zero-order valence-electron chi connectivity index (χ0n) is 16.2. The molecule has 0 N–H and O–H groups in total. The lowest BCUT2D eigenvalue weighted by Crippen LogP contribution is -2.41. The average molecular weight is 375 g/mol. The van der Waals surface area contributed by atoms with Gasteiger partial charge in [-0.1, -0.05) is 55.5 Å². The van der Waals surface area contributed by atoms with Crippen LogP contribution >= 0.6 is 0 Å². The number of carbonyl (C=O) groups is 1. The van der Waals surface area contributed by atoms with Gasteiger partial charge in [0.05, 0.1) is 7.11 Å². The second-order valence-electron chi connectivity index (χ2n) is 6.47. The third-order valence-corrected chi connectivity index (χ3v) is 4.58. The van der Waals surface area contributed by atoms with E-state index in [-0.39, 0.29) is 12.0 Å². The number of anilines is 1. The number of ether oxygens (including phenoxy) is 2. The summed E-state index contributed by atoms with van der Waals surface area (Å²) in [6.07, 6.45) is 0.655. The van der Waals surface area contributed by atoms with Gasteiger partial charge in [-0.3, -0.25) is 0 Å². The minimum Gasteiger partial charge on any atom is -0.467 e. The van der Waals surface area contributed by atoms with Crippen molar-refractivity contribution in [1.29, 1.82) is 0 Å². The van der Waals surface area contributed by atoms with Gasteiger partial charge < -0.3 is 14.4 Å². The van der Waals surface area contributed by atoms with Crippen molar-refractivity contribution in [2.45, 2.75) is 25.9 Å². The third kappa shape index (κ3) is 4.92. The molecule has 0 saturated carbocycles. The number of esters is 1. The lowest BCUT2D eigenvalue weighted by Gasteiger charge is -2.31. The number of hydrogen-bond acceptors (Lipinski definition) is 4. The van der Waals surface area contributed by atoms with E-state index < -0.39 is 0 Å². The van der Waals surface area contributed by atoms with E-state index in [1.807, 2.05) is 79.7 Å². The second kappa shape index (κ2) is 9.60. The molecule has 0 unspecified atom stereocenters. The van der Waals surface area contributed by atoms with Crippen molar-refractivity contribution in [3.8, 4) is 11.5 Å². The monoisotopic (exact) mass is 375 g/mol. The molecule has 0 bridgehead atoms. The van der Waals surface area contributed by atoms with Gasteiger partial charge in [-0.15, -0.1) is 0 Å². The second-order valence-corrected chi connectivity index (χ2v) is 6.47. The number of benzene rings is 3. The van der Waals surface area contributed by atoms with Crippen molar-refractivity contribution in [2.75, 3.05) is 12.0 Å². The number of rotatable bonds is 8. The molecule has 3 rings (SSSR count). The number of nitrogens with zero attached hydrogens (tertiary/aromatic N) is 1. The maximum absolute atomic E-state index is 12.4. The van der Waals surface area contributed by atoms with Crippen LogP contribution in [0.25, 0.3) is 0 Å². The first-order chi connectivity index (χ1) is 13.7. The lowest BCUT2D eigenvalue weighted by atomic mass is 10.1. The highest BCUT2D eigenvalue weighted by atomic mass is 16.5. The van der Waals surface area contributed by atoms with Crippen molar-refractivity contribution >= 4 is 11.7 Å². The van der Waals surface area contributed by atoms with E-state index in [0.29, 0.717) is 13.0 Å². The standard InChI is InChI=1S/C24H25NO3/c1-3-23(24(26)27-2)25(18-19-10-6-4-7-11-19)20-14-16-22(17-15-20)28-21-12-8-5-9-13-21/h4-17,23H,3,18H2,1-2H3/t23-/m0/s1. The van der Waals surface area contributed by atoms with Crippen LogP contribution in [0.15, 0.2) is 84.9 Å². The molecule has 3 aromatic rings. The summed E-state index contributed by atoms with van der Waals surface area (Å²) in [7, 11) is 1.43. The molecule has 4 heteroatoms. The van der Waals surface area contributed by atoms with Gasteiger partial charge in [0.2, 0.25) is 0 Å². The van der Waals surface area contributed by atoms with Crippen LogP contribution in [0.2, 0.25) is 0 Å². The van der Waals surface area contributed by atoms with Crippen LogP contribution in [0, 0.1) is 0 Å². The molecule has 0 aliphatic rings. The largest absolute Gasteiger partial charge is 0.467 e. The minimum atomic E-state index is -0.355. The molecule has 0 aromatic heterocycles. The zero-order chi connectivity index (χ0) is 19.8. The predicted octanol–water partition coefficient (Wildman–Crippen LogP) is 5.44. The van der Waals surface area contributed by atoms with Crippen LogP contribution in [0.5, 0.6) is 11.5 Å². The topological polar surface area (TPSA) is 38.8 Å². The van der Waals surface area contributed by atoms with Crippen molar-refractivity contribution in [3.05, 3.63) is 90.5 Å². The average Bonchev–Trinajstić information content (AvgIpc) is 2.75. The Balaban J connectivity index is 1.85. The van der Waals surface area contributed by atoms with Crippen LogP contribution in [0.3, 0.4) is 0 Å². The van der Waals surface area contributed by atoms with Crippen LogP contribution in [0.1, 0.15) is 18.9 Å². The van der Waals surface area contributed by atoms with Crippen molar-refractivity contribution < 1.29 is 14.3 Å². The quantitative estimate of drug-likeness (QED) is 0.492. The summed E-state index contributed by atoms with van der Waals surface area (Å²) in [4.78, 5) is 14.4. The van der Waals surface area contributed by atoms with Gasteiger partial charge in [0.25, 0.3) is 0 Å². The highest BCUT2D eigenvalue weighted by Gasteiger charge is 2.25. The first-order valence-electron chi connectivity index (χ1n) is 9.42. The Bertz CT molecular complexity index is 863. The van der Waals surface area contributed by atoms with Gasteiger partial charge in [0.1, 0.15) is 17.5 Å². The molecule has 28 heavy (non-hydrogen) atoms. The molecule has 4 nitrogen and oxygen atoms in total. The first-order valence-corrected chi connectivity index (χ1v) is 9.42. The number of carbonyl (C=O) groups excluding carboxylic acids is 1. The Morgan fingerprint density at radius 1 is 0.857 bits per heavy atom. The Hall–Kier alpha value is -3.27. The van der Waals surface area contributed by atoms with E-state index in [0.717, 1.165) is 22.7 Å². The van der Waals surface area contributed by atoms with E-state index in [1.165, 1.54) is 7.11 Å². The first kappa shape index (κ1) is 19.5. The molecule has 0 aliphatic carbocycles. The molecular weight excluding hydrogens is 350 g/mol. The Kier molecular flexibility index (Phi) is 6.68. The highest BCUT2D eigenvalue weighted by molar-refractivity contribution is 5.80. The Labute approximate surface area is 166 Å². The summed E-state index contributed by atoms with van der Waals surface area (Å²) >= 11 is 0. The summed E-state index contributed by atoms with van der Waals surface area (Å²) in [5.74, 6) is 1.31. The van der Waals surface area contributed by atoms with Crippen LogP contribution < -0.4 is 9.64 Å². The molecule has 0 heterocycles. The van der Waals surface area contributed by atoms with E-state index in [2.05, 4.69) is 17.0 Å². The van der Waals surface area contributed by atoms with Crippen LogP contribution in [-0.2, 0) is 16.1 Å². The van der Waals surface area contributed by atoms with E-state index in [4.69, 9.17) is 9.47 Å². The SMILES string of the molecule is CC[C@@H](C(=O)OC)N(Cc1ccccc1)c1ccc(Oc2ccccc2)cc1. The lowest BCUT2D eigenvalue weighted by molar-refractivity contribution is -0.142. The van der Waals surface area contributed by atoms with Gasteiger partial charge >= 0.3 is 5.97 Å². The summed E-state index contributed by atoms with van der Waals surface area (Å²) in [6, 6.07) is 27.2. The predicted molar refractivity (Wildman–Crippen MR) is 112 cm³/mol. The fraction of sp³-hybridized carbons (Fsp3) is 0.208. The van der Waals surface area contributed by atoms with Gasteiger partial charge in [0.15, 0.2) is 0 Å². The van der Waals surface area contributed by atoms with Crippen LogP contribution in [-0.4, -0.2) is 19.1 Å². The normalized spacial score (nSPS) is 11.5. The van der Waals surface area contributed by atoms with E-state index in [1.54, 1.807) is 0 Å². The van der Waals surface area contributed by atoms with Gasteiger partial charge in [-0.05, 0) is 48.4 Å².